The smallest absolute Gasteiger partial charge is 0.175 e. The van der Waals surface area contributed by atoms with E-state index in [0.717, 1.165) is 48.2 Å². The van der Waals surface area contributed by atoms with E-state index in [2.05, 4.69) is 46.1 Å². The number of hydrogen-bond acceptors (Lipinski definition) is 8. The topological polar surface area (TPSA) is 80.4 Å². The van der Waals surface area contributed by atoms with E-state index in [1.807, 2.05) is 18.5 Å². The van der Waals surface area contributed by atoms with Crippen molar-refractivity contribution in [1.29, 1.82) is 0 Å². The summed E-state index contributed by atoms with van der Waals surface area (Å²) in [5.74, 6) is 3.08. The van der Waals surface area contributed by atoms with E-state index in [0.29, 0.717) is 22.9 Å². The molecule has 2 spiro atoms. The molecule has 1 saturated heterocycles. The monoisotopic (exact) mass is 500 g/mol. The maximum absolute atomic E-state index is 6.44. The van der Waals surface area contributed by atoms with Crippen molar-refractivity contribution in [3.8, 4) is 5.75 Å². The van der Waals surface area contributed by atoms with Gasteiger partial charge in [-0.25, -0.2) is 15.0 Å². The summed E-state index contributed by atoms with van der Waals surface area (Å²) in [6.45, 7) is 2.69. The van der Waals surface area contributed by atoms with Gasteiger partial charge >= 0.3 is 0 Å². The molecule has 2 aliphatic heterocycles. The third-order valence-corrected chi connectivity index (χ3v) is 10.1. The van der Waals surface area contributed by atoms with Crippen molar-refractivity contribution in [1.82, 2.24) is 15.0 Å². The van der Waals surface area contributed by atoms with Gasteiger partial charge in [0.2, 0.25) is 0 Å². The minimum absolute atomic E-state index is 0.109. The molecule has 0 radical (unpaired) electrons. The summed E-state index contributed by atoms with van der Waals surface area (Å²) < 4.78 is 6.26. The molecular weight excluding hydrogens is 468 g/mol. The van der Waals surface area contributed by atoms with Crippen molar-refractivity contribution in [3.63, 3.8) is 0 Å². The molecule has 8 heteroatoms. The van der Waals surface area contributed by atoms with Crippen molar-refractivity contribution in [2.45, 2.75) is 60.4 Å². The first kappa shape index (κ1) is 22.2. The van der Waals surface area contributed by atoms with Crippen LogP contribution in [0.25, 0.3) is 0 Å². The molecule has 0 bridgehead atoms. The van der Waals surface area contributed by atoms with Crippen molar-refractivity contribution in [2.75, 3.05) is 42.3 Å². The van der Waals surface area contributed by atoms with E-state index in [-0.39, 0.29) is 5.54 Å². The fourth-order valence-electron chi connectivity index (χ4n) is 6.52. The first-order valence-electron chi connectivity index (χ1n) is 13.0. The molecule has 0 amide bonds. The molecule has 2 fully saturated rings. The minimum Gasteiger partial charge on any atom is -0.486 e. The van der Waals surface area contributed by atoms with Gasteiger partial charge in [-0.15, -0.1) is 0 Å². The Labute approximate surface area is 216 Å². The number of hydrogen-bond donors (Lipinski definition) is 1. The molecular formula is C28H32N6OS. The zero-order valence-electron chi connectivity index (χ0n) is 20.7. The van der Waals surface area contributed by atoms with Gasteiger partial charge < -0.3 is 20.3 Å². The van der Waals surface area contributed by atoms with Crippen LogP contribution >= 0.6 is 11.8 Å². The van der Waals surface area contributed by atoms with Crippen molar-refractivity contribution < 1.29 is 4.74 Å². The van der Waals surface area contributed by atoms with Gasteiger partial charge in [0.1, 0.15) is 17.5 Å². The maximum Gasteiger partial charge on any atom is 0.175 e. The van der Waals surface area contributed by atoms with E-state index >= 15 is 0 Å². The highest BCUT2D eigenvalue weighted by molar-refractivity contribution is 7.99. The Morgan fingerprint density at radius 1 is 1.00 bits per heavy atom. The molecule has 3 aromatic rings. The lowest BCUT2D eigenvalue weighted by molar-refractivity contribution is 0.116. The quantitative estimate of drug-likeness (QED) is 0.552. The highest BCUT2D eigenvalue weighted by Gasteiger charge is 2.46. The number of likely N-dealkylation sites (N-methyl/N-ethyl adjacent to an activating group) is 1. The summed E-state index contributed by atoms with van der Waals surface area (Å²) in [5, 5.41) is 0.710. The molecule has 7 rings (SSSR count). The van der Waals surface area contributed by atoms with Crippen LogP contribution in [0.1, 0.15) is 43.2 Å². The van der Waals surface area contributed by atoms with Gasteiger partial charge in [0.15, 0.2) is 17.4 Å². The molecule has 2 aromatic heterocycles. The molecule has 4 heterocycles. The zero-order valence-corrected chi connectivity index (χ0v) is 21.6. The molecule has 4 aliphatic rings. The lowest BCUT2D eigenvalue weighted by Crippen LogP contribution is -2.58. The van der Waals surface area contributed by atoms with Crippen LogP contribution in [-0.4, -0.2) is 47.2 Å². The van der Waals surface area contributed by atoms with Crippen LogP contribution in [0.4, 0.5) is 17.5 Å². The maximum atomic E-state index is 6.44. The number of piperidine rings is 1. The van der Waals surface area contributed by atoms with Crippen LogP contribution < -0.4 is 20.3 Å². The molecule has 1 aromatic carbocycles. The number of rotatable bonds is 3. The van der Waals surface area contributed by atoms with Gasteiger partial charge in [-0.3, -0.25) is 0 Å². The van der Waals surface area contributed by atoms with Gasteiger partial charge in [-0.05, 0) is 67.6 Å². The molecule has 2 aliphatic carbocycles. The molecule has 0 unspecified atom stereocenters. The Morgan fingerprint density at radius 2 is 1.75 bits per heavy atom. The molecule has 36 heavy (non-hydrogen) atoms. The first-order valence-corrected chi connectivity index (χ1v) is 13.8. The van der Waals surface area contributed by atoms with Gasteiger partial charge in [-0.2, -0.15) is 0 Å². The van der Waals surface area contributed by atoms with Crippen molar-refractivity contribution in [3.05, 3.63) is 53.9 Å². The number of pyridine rings is 1. The molecule has 0 atom stereocenters. The van der Waals surface area contributed by atoms with Gasteiger partial charge in [0.25, 0.3) is 0 Å². The molecule has 1 saturated carbocycles. The SMILES string of the molecule is CN1c2nccc(Sc3ncc(N4CCC5(CC4)Cc4ccccc4C5)nc3N)c2OCC12CCC2. The summed E-state index contributed by atoms with van der Waals surface area (Å²) >= 11 is 1.51. The van der Waals surface area contributed by atoms with Crippen LogP contribution in [0.3, 0.4) is 0 Å². The number of nitrogen functional groups attached to an aromatic ring is 1. The average molecular weight is 501 g/mol. The number of anilines is 3. The number of nitrogens with two attached hydrogens (primary N) is 1. The van der Waals surface area contributed by atoms with Gasteiger partial charge in [0.05, 0.1) is 16.6 Å². The largest absolute Gasteiger partial charge is 0.486 e. The van der Waals surface area contributed by atoms with Crippen molar-refractivity contribution >= 4 is 29.2 Å². The van der Waals surface area contributed by atoms with E-state index in [9.17, 15) is 0 Å². The Hall–Kier alpha value is -3.00. The number of aromatic nitrogens is 3. The van der Waals surface area contributed by atoms with E-state index in [1.54, 1.807) is 0 Å². The van der Waals surface area contributed by atoms with Crippen LogP contribution in [0.5, 0.6) is 5.75 Å². The highest BCUT2D eigenvalue weighted by Crippen LogP contribution is 2.50. The number of nitrogens with zero attached hydrogens (tertiary/aromatic N) is 5. The van der Waals surface area contributed by atoms with Gasteiger partial charge in [0, 0.05) is 26.3 Å². The number of fused-ring (bicyclic) bond motifs is 2. The highest BCUT2D eigenvalue weighted by atomic mass is 32.2. The second kappa shape index (κ2) is 8.26. The fraction of sp³-hybridized carbons (Fsp3) is 0.464. The molecule has 7 nitrogen and oxygen atoms in total. The number of benzene rings is 1. The Kier molecular flexibility index (Phi) is 5.10. The molecule has 186 valence electrons. The third-order valence-electron chi connectivity index (χ3n) is 9.00. The summed E-state index contributed by atoms with van der Waals surface area (Å²) in [6.07, 6.45) is 12.1. The predicted molar refractivity (Wildman–Crippen MR) is 143 cm³/mol. The van der Waals surface area contributed by atoms with Crippen molar-refractivity contribution in [2.24, 2.45) is 5.41 Å². The lowest BCUT2D eigenvalue weighted by Gasteiger charge is -2.51. The number of ether oxygens (including phenoxy) is 1. The van der Waals surface area contributed by atoms with Crippen LogP contribution in [0.2, 0.25) is 0 Å². The van der Waals surface area contributed by atoms with Gasteiger partial charge in [-0.1, -0.05) is 36.0 Å². The summed E-state index contributed by atoms with van der Waals surface area (Å²) in [4.78, 5) is 19.8. The Morgan fingerprint density at radius 3 is 2.42 bits per heavy atom. The standard InChI is InChI=1S/C28H32N6OS/c1-33-25-23(35-18-28(33)8-4-9-28)21(7-12-30-25)36-26-24(29)32-22(17-31-26)34-13-10-27(11-14-34)15-19-5-2-3-6-20(19)16-27/h2-3,5-7,12,17H,4,8-11,13-16,18H2,1H3,(H2,29,32). The Bertz CT molecular complexity index is 1290. The van der Waals surface area contributed by atoms with E-state index < -0.39 is 0 Å². The summed E-state index contributed by atoms with van der Waals surface area (Å²) in [6, 6.07) is 10.9. The lowest BCUT2D eigenvalue weighted by atomic mass is 9.75. The zero-order chi connectivity index (χ0) is 24.3. The van der Waals surface area contributed by atoms with E-state index in [1.165, 1.54) is 55.0 Å². The predicted octanol–water partition coefficient (Wildman–Crippen LogP) is 4.74. The van der Waals surface area contributed by atoms with Crippen LogP contribution in [-0.2, 0) is 12.8 Å². The third kappa shape index (κ3) is 3.52. The molecule has 2 N–H and O–H groups in total. The normalized spacial score (nSPS) is 21.1. The van der Waals surface area contributed by atoms with Crippen LogP contribution in [0, 0.1) is 5.41 Å². The van der Waals surface area contributed by atoms with E-state index in [4.69, 9.17) is 20.4 Å². The van der Waals surface area contributed by atoms with Crippen LogP contribution in [0.15, 0.2) is 52.6 Å². The summed E-state index contributed by atoms with van der Waals surface area (Å²) in [7, 11) is 2.14. The average Bonchev–Trinajstić information content (AvgIpc) is 3.23. The Balaban J connectivity index is 1.05. The summed E-state index contributed by atoms with van der Waals surface area (Å²) in [5.41, 5.74) is 10.0. The minimum atomic E-state index is 0.109. The fourth-order valence-corrected chi connectivity index (χ4v) is 7.36. The first-order chi connectivity index (χ1) is 17.5. The second-order valence-corrected chi connectivity index (χ2v) is 12.0. The second-order valence-electron chi connectivity index (χ2n) is 11.0.